The van der Waals surface area contributed by atoms with Gasteiger partial charge < -0.3 is 20.1 Å². The first kappa shape index (κ1) is 17.7. The van der Waals surface area contributed by atoms with Crippen LogP contribution in [0.2, 0.25) is 0 Å². The molecule has 0 fully saturated rings. The van der Waals surface area contributed by atoms with Crippen LogP contribution in [-0.4, -0.2) is 43.8 Å². The molecule has 0 spiro atoms. The average Bonchev–Trinajstić information content (AvgIpc) is 2.39. The molecule has 0 saturated carbocycles. The molecule has 2 amide bonds. The van der Waals surface area contributed by atoms with Gasteiger partial charge in [-0.2, -0.15) is 0 Å². The van der Waals surface area contributed by atoms with E-state index >= 15 is 0 Å². The number of carbonyl (C=O) groups excluding carboxylic acids is 3. The fraction of sp³-hybridized carbons (Fsp3) is 0.462. The molecule has 0 aromatic rings. The summed E-state index contributed by atoms with van der Waals surface area (Å²) in [5.41, 5.74) is 0. The van der Waals surface area contributed by atoms with Gasteiger partial charge in [0.15, 0.2) is 0 Å². The molecule has 0 aliphatic rings. The van der Waals surface area contributed by atoms with Gasteiger partial charge in [0.25, 0.3) is 0 Å². The van der Waals surface area contributed by atoms with Crippen molar-refractivity contribution < 1.29 is 23.9 Å². The van der Waals surface area contributed by atoms with Crippen molar-refractivity contribution in [3.05, 3.63) is 25.3 Å². The number of alkyl carbamates (subject to hydrolysis) is 2. The number of hydrogen-bond donors (Lipinski definition) is 2. The minimum absolute atomic E-state index is 0.0543. The lowest BCUT2D eigenvalue weighted by molar-refractivity contribution is -0.117. The van der Waals surface area contributed by atoms with Crippen molar-refractivity contribution in [2.45, 2.75) is 19.4 Å². The molecule has 20 heavy (non-hydrogen) atoms. The van der Waals surface area contributed by atoms with Crippen molar-refractivity contribution >= 4 is 18.0 Å². The maximum Gasteiger partial charge on any atom is 0.407 e. The van der Waals surface area contributed by atoms with Gasteiger partial charge in [-0.15, -0.1) is 0 Å². The minimum Gasteiger partial charge on any atom is -0.445 e. The Kier molecular flexibility index (Phi) is 9.37. The summed E-state index contributed by atoms with van der Waals surface area (Å²) >= 11 is 0. The maximum atomic E-state index is 11.4. The van der Waals surface area contributed by atoms with E-state index in [-0.39, 0.29) is 32.0 Å². The highest BCUT2D eigenvalue weighted by Crippen LogP contribution is 1.94. The van der Waals surface area contributed by atoms with Crippen LogP contribution in [0.15, 0.2) is 25.3 Å². The van der Waals surface area contributed by atoms with Gasteiger partial charge in [-0.3, -0.25) is 4.79 Å². The summed E-state index contributed by atoms with van der Waals surface area (Å²) in [6, 6.07) is -0.568. The summed E-state index contributed by atoms with van der Waals surface area (Å²) in [6.45, 7) is 8.40. The van der Waals surface area contributed by atoms with Gasteiger partial charge in [-0.1, -0.05) is 25.3 Å². The second-order valence-electron chi connectivity index (χ2n) is 3.90. The van der Waals surface area contributed by atoms with E-state index in [0.717, 1.165) is 0 Å². The zero-order chi connectivity index (χ0) is 15.4. The van der Waals surface area contributed by atoms with Crippen LogP contribution in [0, 0.1) is 0 Å². The predicted octanol–water partition coefficient (Wildman–Crippen LogP) is 1.16. The monoisotopic (exact) mass is 284 g/mol. The molecule has 1 atom stereocenters. The number of ether oxygens (including phenoxy) is 2. The Balaban J connectivity index is 4.23. The summed E-state index contributed by atoms with van der Waals surface area (Å²) in [5, 5.41) is 4.91. The number of hydrogen-bond acceptors (Lipinski definition) is 5. The quantitative estimate of drug-likeness (QED) is 0.620. The Morgan fingerprint density at radius 2 is 1.65 bits per heavy atom. The van der Waals surface area contributed by atoms with Crippen molar-refractivity contribution in [1.29, 1.82) is 0 Å². The third-order valence-electron chi connectivity index (χ3n) is 2.01. The smallest absolute Gasteiger partial charge is 0.407 e. The van der Waals surface area contributed by atoms with Crippen LogP contribution in [0.3, 0.4) is 0 Å². The first-order valence-electron chi connectivity index (χ1n) is 6.04. The lowest BCUT2D eigenvalue weighted by Crippen LogP contribution is -2.45. The van der Waals surface area contributed by atoms with Gasteiger partial charge in [-0.05, 0) is 6.92 Å². The van der Waals surface area contributed by atoms with E-state index in [1.165, 1.54) is 19.1 Å². The summed E-state index contributed by atoms with van der Waals surface area (Å²) in [7, 11) is 0. The lowest BCUT2D eigenvalue weighted by Gasteiger charge is -2.17. The van der Waals surface area contributed by atoms with Crippen LogP contribution < -0.4 is 10.6 Å². The molecular weight excluding hydrogens is 264 g/mol. The normalized spacial score (nSPS) is 10.8. The Labute approximate surface area is 118 Å². The summed E-state index contributed by atoms with van der Waals surface area (Å²) in [4.78, 5) is 33.7. The highest BCUT2D eigenvalue weighted by molar-refractivity contribution is 5.77. The van der Waals surface area contributed by atoms with Gasteiger partial charge >= 0.3 is 12.2 Å². The lowest BCUT2D eigenvalue weighted by atomic mass is 10.1. The van der Waals surface area contributed by atoms with Crippen LogP contribution in [0.25, 0.3) is 0 Å². The SMILES string of the molecule is C=CCOC(=O)NC[C@@H](CC(C)=O)NC(=O)OCC=C. The van der Waals surface area contributed by atoms with Crippen molar-refractivity contribution in [2.24, 2.45) is 0 Å². The minimum atomic E-state index is -0.683. The Hall–Kier alpha value is -2.31. The molecular formula is C13H20N2O5. The molecule has 0 unspecified atom stereocenters. The van der Waals surface area contributed by atoms with E-state index < -0.39 is 18.2 Å². The molecule has 2 N–H and O–H groups in total. The number of carbonyl (C=O) groups is 3. The maximum absolute atomic E-state index is 11.4. The van der Waals surface area contributed by atoms with E-state index in [0.29, 0.717) is 0 Å². The molecule has 0 heterocycles. The Bertz CT molecular complexity index is 368. The van der Waals surface area contributed by atoms with Crippen LogP contribution in [0.5, 0.6) is 0 Å². The fourth-order valence-corrected chi connectivity index (χ4v) is 1.26. The molecule has 7 nitrogen and oxygen atoms in total. The first-order chi connectivity index (χ1) is 9.49. The van der Waals surface area contributed by atoms with Gasteiger partial charge in [0.05, 0.1) is 6.04 Å². The van der Waals surface area contributed by atoms with E-state index in [4.69, 9.17) is 9.47 Å². The van der Waals surface area contributed by atoms with Crippen LogP contribution in [0.4, 0.5) is 9.59 Å². The average molecular weight is 284 g/mol. The molecule has 0 aliphatic carbocycles. The molecule has 0 aromatic carbocycles. The molecule has 112 valence electrons. The second kappa shape index (κ2) is 10.6. The molecule has 7 heteroatoms. The van der Waals surface area contributed by atoms with Crippen LogP contribution in [-0.2, 0) is 14.3 Å². The first-order valence-corrected chi connectivity index (χ1v) is 6.04. The largest absolute Gasteiger partial charge is 0.445 e. The third kappa shape index (κ3) is 9.69. The molecule has 0 aromatic heterocycles. The van der Waals surface area contributed by atoms with E-state index in [1.54, 1.807) is 0 Å². The van der Waals surface area contributed by atoms with Gasteiger partial charge in [-0.25, -0.2) is 9.59 Å². The van der Waals surface area contributed by atoms with Crippen molar-refractivity contribution in [3.8, 4) is 0 Å². The fourth-order valence-electron chi connectivity index (χ4n) is 1.26. The molecule has 0 aliphatic heterocycles. The summed E-state index contributed by atoms with van der Waals surface area (Å²) in [5.74, 6) is -0.125. The van der Waals surface area contributed by atoms with Crippen molar-refractivity contribution in [1.82, 2.24) is 10.6 Å². The van der Waals surface area contributed by atoms with Gasteiger partial charge in [0.1, 0.15) is 19.0 Å². The van der Waals surface area contributed by atoms with Crippen molar-refractivity contribution in [3.63, 3.8) is 0 Å². The zero-order valence-corrected chi connectivity index (χ0v) is 11.5. The third-order valence-corrected chi connectivity index (χ3v) is 2.01. The Morgan fingerprint density at radius 3 is 2.15 bits per heavy atom. The predicted molar refractivity (Wildman–Crippen MR) is 73.3 cm³/mol. The van der Waals surface area contributed by atoms with Crippen LogP contribution >= 0.6 is 0 Å². The topological polar surface area (TPSA) is 93.7 Å². The van der Waals surface area contributed by atoms with Gasteiger partial charge in [0.2, 0.25) is 0 Å². The van der Waals surface area contributed by atoms with E-state index in [9.17, 15) is 14.4 Å². The number of nitrogens with one attached hydrogen (secondary N) is 2. The zero-order valence-electron chi connectivity index (χ0n) is 11.5. The van der Waals surface area contributed by atoms with Gasteiger partial charge in [0, 0.05) is 13.0 Å². The van der Waals surface area contributed by atoms with Crippen molar-refractivity contribution in [2.75, 3.05) is 19.8 Å². The molecule has 0 bridgehead atoms. The summed E-state index contributed by atoms with van der Waals surface area (Å²) in [6.07, 6.45) is 1.59. The standard InChI is InChI=1S/C13H20N2O5/c1-4-6-19-12(17)14-9-11(8-10(3)16)15-13(18)20-7-5-2/h4-5,11H,1-2,6-9H2,3H3,(H,14,17)(H,15,18)/t11-/m1/s1. The van der Waals surface area contributed by atoms with E-state index in [1.807, 2.05) is 0 Å². The Morgan fingerprint density at radius 1 is 1.10 bits per heavy atom. The van der Waals surface area contributed by atoms with Crippen LogP contribution in [0.1, 0.15) is 13.3 Å². The number of Topliss-reactive ketones (excluding diaryl/α,β-unsaturated/α-hetero) is 1. The summed E-state index contributed by atoms with van der Waals surface area (Å²) < 4.78 is 9.44. The molecule has 0 saturated heterocycles. The molecule has 0 radical (unpaired) electrons. The number of ketones is 1. The molecule has 0 rings (SSSR count). The highest BCUT2D eigenvalue weighted by Gasteiger charge is 2.16. The second-order valence-corrected chi connectivity index (χ2v) is 3.90. The van der Waals surface area contributed by atoms with E-state index in [2.05, 4.69) is 23.8 Å². The number of rotatable bonds is 9. The highest BCUT2D eigenvalue weighted by atomic mass is 16.6. The number of amides is 2.